The van der Waals surface area contributed by atoms with Gasteiger partial charge in [-0.05, 0) is 5.92 Å². The van der Waals surface area contributed by atoms with E-state index in [1.165, 1.54) is 33.5 Å². The summed E-state index contributed by atoms with van der Waals surface area (Å²) in [5.74, 6) is 0.107. The van der Waals surface area contributed by atoms with E-state index in [4.69, 9.17) is 18.9 Å². The van der Waals surface area contributed by atoms with Crippen LogP contribution in [0.3, 0.4) is 0 Å². The molecule has 2 rings (SSSR count). The van der Waals surface area contributed by atoms with E-state index in [9.17, 15) is 14.2 Å². The molecule has 0 aromatic heterocycles. The van der Waals surface area contributed by atoms with E-state index in [-0.39, 0.29) is 34.9 Å². The number of carbonyl (C=O) groups is 2. The minimum Gasteiger partial charge on any atom is -0.496 e. The fourth-order valence-corrected chi connectivity index (χ4v) is 5.08. The standard InChI is InChI=1S/C22H27O7P/c1-15(2)13-29-20(23)14-30(25,17-9-7-6-8-10-17)22(24)21-18(27-4)11-16(26-3)12-19(21)28-5/h6-12,15H,13-14H2,1-5H3. The molecule has 7 nitrogen and oxygen atoms in total. The first-order valence-corrected chi connectivity index (χ1v) is 11.3. The Morgan fingerprint density at radius 3 is 1.97 bits per heavy atom. The molecule has 1 unspecified atom stereocenters. The normalized spacial score (nSPS) is 12.7. The molecule has 0 saturated carbocycles. The predicted molar refractivity (Wildman–Crippen MR) is 115 cm³/mol. The van der Waals surface area contributed by atoms with E-state index in [0.717, 1.165) is 0 Å². The first kappa shape index (κ1) is 23.5. The van der Waals surface area contributed by atoms with Gasteiger partial charge in [0.15, 0.2) is 7.14 Å². The molecule has 30 heavy (non-hydrogen) atoms. The van der Waals surface area contributed by atoms with Gasteiger partial charge >= 0.3 is 5.97 Å². The van der Waals surface area contributed by atoms with Crippen LogP contribution in [0.4, 0.5) is 0 Å². The third kappa shape index (κ3) is 5.22. The molecule has 1 atom stereocenters. The number of hydrogen-bond donors (Lipinski definition) is 0. The molecule has 0 bridgehead atoms. The smallest absolute Gasteiger partial charge is 0.314 e. The van der Waals surface area contributed by atoms with Crippen molar-refractivity contribution in [3.05, 3.63) is 48.0 Å². The zero-order valence-electron chi connectivity index (χ0n) is 17.8. The Hall–Kier alpha value is -2.79. The largest absolute Gasteiger partial charge is 0.496 e. The molecule has 0 saturated heterocycles. The third-order valence-corrected chi connectivity index (χ3v) is 7.08. The van der Waals surface area contributed by atoms with Crippen LogP contribution >= 0.6 is 7.14 Å². The molecule has 0 spiro atoms. The second kappa shape index (κ2) is 10.3. The van der Waals surface area contributed by atoms with Gasteiger partial charge in [0.2, 0.25) is 5.52 Å². The molecule has 0 N–H and O–H groups in total. The minimum atomic E-state index is -3.92. The lowest BCUT2D eigenvalue weighted by molar-refractivity contribution is -0.141. The van der Waals surface area contributed by atoms with E-state index in [0.29, 0.717) is 5.75 Å². The molecule has 0 heterocycles. The summed E-state index contributed by atoms with van der Waals surface area (Å²) in [7, 11) is 0.317. The molecule has 0 fully saturated rings. The van der Waals surface area contributed by atoms with Gasteiger partial charge in [0, 0.05) is 17.4 Å². The fraction of sp³-hybridized carbons (Fsp3) is 0.364. The molecule has 0 aliphatic carbocycles. The Labute approximate surface area is 176 Å². The third-order valence-electron chi connectivity index (χ3n) is 4.36. The first-order chi connectivity index (χ1) is 14.3. The van der Waals surface area contributed by atoms with Gasteiger partial charge in [-0.2, -0.15) is 0 Å². The zero-order valence-corrected chi connectivity index (χ0v) is 18.7. The Morgan fingerprint density at radius 1 is 0.933 bits per heavy atom. The minimum absolute atomic E-state index is 0.00959. The van der Waals surface area contributed by atoms with E-state index < -0.39 is 24.8 Å². The van der Waals surface area contributed by atoms with E-state index in [2.05, 4.69) is 0 Å². The quantitative estimate of drug-likeness (QED) is 0.416. The number of ether oxygens (including phenoxy) is 4. The highest BCUT2D eigenvalue weighted by molar-refractivity contribution is 7.88. The Bertz CT molecular complexity index is 913. The lowest BCUT2D eigenvalue weighted by atomic mass is 10.2. The van der Waals surface area contributed by atoms with Crippen molar-refractivity contribution in [2.24, 2.45) is 5.92 Å². The van der Waals surface area contributed by atoms with Gasteiger partial charge < -0.3 is 23.5 Å². The average Bonchev–Trinajstić information content (AvgIpc) is 2.76. The number of carbonyl (C=O) groups excluding carboxylic acids is 2. The fourth-order valence-electron chi connectivity index (χ4n) is 2.83. The summed E-state index contributed by atoms with van der Waals surface area (Å²) in [6.07, 6.45) is -0.555. The van der Waals surface area contributed by atoms with Gasteiger partial charge in [-0.1, -0.05) is 44.2 Å². The van der Waals surface area contributed by atoms with Crippen LogP contribution in [0.15, 0.2) is 42.5 Å². The van der Waals surface area contributed by atoms with Crippen molar-refractivity contribution < 1.29 is 33.1 Å². The maximum atomic E-state index is 14.1. The van der Waals surface area contributed by atoms with Gasteiger partial charge in [-0.25, -0.2) is 0 Å². The maximum Gasteiger partial charge on any atom is 0.314 e. The second-order valence-corrected chi connectivity index (χ2v) is 9.74. The number of hydrogen-bond acceptors (Lipinski definition) is 7. The molecule has 162 valence electrons. The van der Waals surface area contributed by atoms with Crippen molar-refractivity contribution in [3.63, 3.8) is 0 Å². The topological polar surface area (TPSA) is 88.1 Å². The summed E-state index contributed by atoms with van der Waals surface area (Å²) < 4.78 is 35.2. The van der Waals surface area contributed by atoms with Crippen molar-refractivity contribution in [2.45, 2.75) is 13.8 Å². The SMILES string of the molecule is COc1cc(OC)c(C(=O)P(=O)(CC(=O)OCC(C)C)c2ccccc2)c(OC)c1. The van der Waals surface area contributed by atoms with Crippen molar-refractivity contribution in [2.75, 3.05) is 34.1 Å². The molecule has 0 aliphatic heterocycles. The highest BCUT2D eigenvalue weighted by Gasteiger charge is 2.40. The Kier molecular flexibility index (Phi) is 8.07. The summed E-state index contributed by atoms with van der Waals surface area (Å²) in [5, 5.41) is 0.261. The van der Waals surface area contributed by atoms with Gasteiger partial charge in [0.05, 0.1) is 27.9 Å². The summed E-state index contributed by atoms with van der Waals surface area (Å²) in [4.78, 5) is 26.1. The van der Waals surface area contributed by atoms with Gasteiger partial charge in [-0.3, -0.25) is 9.59 Å². The van der Waals surface area contributed by atoms with Gasteiger partial charge in [0.1, 0.15) is 29.0 Å². The van der Waals surface area contributed by atoms with Crippen LogP contribution in [0.25, 0.3) is 0 Å². The lowest BCUT2D eigenvalue weighted by Crippen LogP contribution is -2.23. The molecular weight excluding hydrogens is 407 g/mol. The average molecular weight is 434 g/mol. The molecule has 2 aromatic rings. The molecular formula is C22H27O7P. The Morgan fingerprint density at radius 2 is 1.50 bits per heavy atom. The molecule has 0 amide bonds. The molecule has 2 aromatic carbocycles. The van der Waals surface area contributed by atoms with Crippen molar-refractivity contribution in [1.82, 2.24) is 0 Å². The molecule has 0 aliphatic rings. The van der Waals surface area contributed by atoms with Crippen LogP contribution in [0.5, 0.6) is 17.2 Å². The van der Waals surface area contributed by atoms with Crippen LogP contribution in [0.2, 0.25) is 0 Å². The van der Waals surface area contributed by atoms with Crippen LogP contribution in [-0.4, -0.2) is 45.6 Å². The second-order valence-electron chi connectivity index (χ2n) is 7.02. The van der Waals surface area contributed by atoms with Crippen molar-refractivity contribution in [3.8, 4) is 17.2 Å². The van der Waals surface area contributed by atoms with E-state index in [1.807, 2.05) is 13.8 Å². The zero-order chi connectivity index (χ0) is 22.3. The summed E-state index contributed by atoms with van der Waals surface area (Å²) >= 11 is 0. The summed E-state index contributed by atoms with van der Waals surface area (Å²) in [6, 6.07) is 11.2. The summed E-state index contributed by atoms with van der Waals surface area (Å²) in [6.45, 7) is 3.96. The monoisotopic (exact) mass is 434 g/mol. The molecule has 0 radical (unpaired) electrons. The Balaban J connectivity index is 2.59. The van der Waals surface area contributed by atoms with Gasteiger partial charge in [0.25, 0.3) is 0 Å². The molecule has 8 heteroatoms. The highest BCUT2D eigenvalue weighted by Crippen LogP contribution is 2.51. The van der Waals surface area contributed by atoms with Crippen molar-refractivity contribution in [1.29, 1.82) is 0 Å². The van der Waals surface area contributed by atoms with Crippen LogP contribution < -0.4 is 19.5 Å². The lowest BCUT2D eigenvalue weighted by Gasteiger charge is -2.20. The van der Waals surface area contributed by atoms with Crippen LogP contribution in [-0.2, 0) is 14.1 Å². The number of methoxy groups -OCH3 is 3. The van der Waals surface area contributed by atoms with Crippen molar-refractivity contribution >= 4 is 23.9 Å². The van der Waals surface area contributed by atoms with E-state index in [1.54, 1.807) is 30.3 Å². The number of rotatable bonds is 10. The number of benzene rings is 2. The van der Waals surface area contributed by atoms with E-state index >= 15 is 0 Å². The predicted octanol–water partition coefficient (Wildman–Crippen LogP) is 3.74. The number of esters is 1. The maximum absolute atomic E-state index is 14.1. The highest BCUT2D eigenvalue weighted by atomic mass is 31.2. The van der Waals surface area contributed by atoms with Gasteiger partial charge in [-0.15, -0.1) is 0 Å². The first-order valence-electron chi connectivity index (χ1n) is 9.42. The van der Waals surface area contributed by atoms with Crippen LogP contribution in [0.1, 0.15) is 24.2 Å². The summed E-state index contributed by atoms with van der Waals surface area (Å²) in [5.41, 5.74) is -0.754. The van der Waals surface area contributed by atoms with Crippen LogP contribution in [0, 0.1) is 5.92 Å².